The molecule has 1 atom stereocenters. The molecule has 0 bridgehead atoms. The third-order valence-corrected chi connectivity index (χ3v) is 5.23. The van der Waals surface area contributed by atoms with Gasteiger partial charge in [0.05, 0.1) is 19.2 Å². The second-order valence-corrected chi connectivity index (χ2v) is 7.54. The Kier molecular flexibility index (Phi) is 5.65. The fourth-order valence-electron chi connectivity index (χ4n) is 3.80. The van der Waals surface area contributed by atoms with Crippen molar-refractivity contribution in [2.45, 2.75) is 32.1 Å². The lowest BCUT2D eigenvalue weighted by atomic mass is 9.97. The van der Waals surface area contributed by atoms with Gasteiger partial charge >= 0.3 is 0 Å². The number of rotatable bonds is 5. The maximum atomic E-state index is 12.9. The number of ether oxygens (including phenoxy) is 1. The van der Waals surface area contributed by atoms with Gasteiger partial charge in [-0.25, -0.2) is 15.0 Å². The molecule has 8 heteroatoms. The Morgan fingerprint density at radius 2 is 2.20 bits per heavy atom. The molecule has 0 saturated carbocycles. The van der Waals surface area contributed by atoms with Crippen molar-refractivity contribution in [3.05, 3.63) is 65.1 Å². The third-order valence-electron chi connectivity index (χ3n) is 5.23. The Hall–Kier alpha value is -3.42. The quantitative estimate of drug-likeness (QED) is 0.693. The molecule has 30 heavy (non-hydrogen) atoms. The van der Waals surface area contributed by atoms with E-state index in [2.05, 4.69) is 15.0 Å². The number of hydrogen-bond donors (Lipinski definition) is 1. The Morgan fingerprint density at radius 3 is 3.00 bits per heavy atom. The molecule has 8 nitrogen and oxygen atoms in total. The number of nitrogens with zero attached hydrogens (tertiary/aromatic N) is 4. The molecule has 1 amide bonds. The Morgan fingerprint density at radius 1 is 1.33 bits per heavy atom. The maximum Gasteiger partial charge on any atom is 0.272 e. The molecule has 1 fully saturated rings. The normalized spacial score (nSPS) is 16.5. The Bertz CT molecular complexity index is 1030. The van der Waals surface area contributed by atoms with Crippen molar-refractivity contribution in [3.8, 4) is 5.75 Å². The predicted octanol–water partition coefficient (Wildman–Crippen LogP) is 2.97. The first-order valence-corrected chi connectivity index (χ1v) is 10.00. The van der Waals surface area contributed by atoms with Crippen LogP contribution < -0.4 is 10.5 Å². The maximum absolute atomic E-state index is 12.9. The van der Waals surface area contributed by atoms with Crippen molar-refractivity contribution in [1.82, 2.24) is 19.9 Å². The van der Waals surface area contributed by atoms with Crippen LogP contribution in [0.4, 0.5) is 5.95 Å². The summed E-state index contributed by atoms with van der Waals surface area (Å²) in [6.07, 6.45) is 4.21. The first-order valence-electron chi connectivity index (χ1n) is 10.00. The molecule has 2 aromatic heterocycles. The smallest absolute Gasteiger partial charge is 0.272 e. The second kappa shape index (κ2) is 8.52. The van der Waals surface area contributed by atoms with Crippen molar-refractivity contribution in [3.63, 3.8) is 0 Å². The molecule has 1 aliphatic rings. The molecule has 3 heterocycles. The number of nitrogen functional groups attached to an aromatic ring is 1. The van der Waals surface area contributed by atoms with Crippen LogP contribution in [-0.2, 0) is 6.42 Å². The number of nitrogens with two attached hydrogens (primary N) is 1. The molecular formula is C22H25N5O3. The Balaban J connectivity index is 1.45. The second-order valence-electron chi connectivity index (χ2n) is 7.54. The van der Waals surface area contributed by atoms with Crippen molar-refractivity contribution in [2.75, 3.05) is 25.9 Å². The fourth-order valence-corrected chi connectivity index (χ4v) is 3.80. The number of likely N-dealkylation sites (tertiary alicyclic amines) is 1. The van der Waals surface area contributed by atoms with Gasteiger partial charge in [-0.2, -0.15) is 0 Å². The average molecular weight is 407 g/mol. The standard InChI is InChI=1S/C22H25N5O3/c1-14-9-19(26-22(23)25-14)21(28)27-8-4-6-16(13-27)20-24-12-18(30-20)11-15-5-3-7-17(10-15)29-2/h3,5,7,9-10,12,16H,4,6,8,11,13H2,1-2H3,(H2,23,25,26)/t16-/m1/s1. The van der Waals surface area contributed by atoms with Crippen LogP contribution in [0.25, 0.3) is 0 Å². The van der Waals surface area contributed by atoms with Crippen molar-refractivity contribution < 1.29 is 13.9 Å². The van der Waals surface area contributed by atoms with Crippen LogP contribution in [-0.4, -0.2) is 46.0 Å². The van der Waals surface area contributed by atoms with E-state index in [-0.39, 0.29) is 17.8 Å². The van der Waals surface area contributed by atoms with Crippen LogP contribution in [0.2, 0.25) is 0 Å². The molecule has 0 spiro atoms. The molecule has 156 valence electrons. The molecule has 4 rings (SSSR count). The SMILES string of the molecule is COc1cccc(Cc2cnc([C@@H]3CCCN(C(=O)c4cc(C)nc(N)n4)C3)o2)c1. The molecule has 1 aliphatic heterocycles. The van der Waals surface area contributed by atoms with E-state index in [1.165, 1.54) is 0 Å². The highest BCUT2D eigenvalue weighted by atomic mass is 16.5. The third kappa shape index (κ3) is 4.42. The van der Waals surface area contributed by atoms with Gasteiger partial charge < -0.3 is 19.8 Å². The molecule has 0 unspecified atom stereocenters. The van der Waals surface area contributed by atoms with E-state index in [9.17, 15) is 4.79 Å². The minimum atomic E-state index is -0.139. The van der Waals surface area contributed by atoms with Gasteiger partial charge in [0.1, 0.15) is 17.2 Å². The van der Waals surface area contributed by atoms with Gasteiger partial charge in [0.15, 0.2) is 5.89 Å². The summed E-state index contributed by atoms with van der Waals surface area (Å²) in [4.78, 5) is 27.3. The van der Waals surface area contributed by atoms with Crippen molar-refractivity contribution >= 4 is 11.9 Å². The monoisotopic (exact) mass is 407 g/mol. The summed E-state index contributed by atoms with van der Waals surface area (Å²) >= 11 is 0. The van der Waals surface area contributed by atoms with Gasteiger partial charge in [0.25, 0.3) is 5.91 Å². The van der Waals surface area contributed by atoms with Crippen LogP contribution in [0.5, 0.6) is 5.75 Å². The lowest BCUT2D eigenvalue weighted by Crippen LogP contribution is -2.39. The zero-order chi connectivity index (χ0) is 21.1. The van der Waals surface area contributed by atoms with Crippen molar-refractivity contribution in [2.24, 2.45) is 0 Å². The molecule has 2 N–H and O–H groups in total. The van der Waals surface area contributed by atoms with Gasteiger partial charge in [0.2, 0.25) is 5.95 Å². The zero-order valence-electron chi connectivity index (χ0n) is 17.2. The number of hydrogen-bond acceptors (Lipinski definition) is 7. The number of benzene rings is 1. The van der Waals surface area contributed by atoms with E-state index in [1.807, 2.05) is 24.3 Å². The number of amides is 1. The van der Waals surface area contributed by atoms with E-state index in [1.54, 1.807) is 31.2 Å². The van der Waals surface area contributed by atoms with Crippen LogP contribution in [0, 0.1) is 6.92 Å². The highest BCUT2D eigenvalue weighted by Crippen LogP contribution is 2.28. The summed E-state index contributed by atoms with van der Waals surface area (Å²) in [7, 11) is 1.65. The number of carbonyl (C=O) groups is 1. The van der Waals surface area contributed by atoms with E-state index in [0.717, 1.165) is 29.9 Å². The summed E-state index contributed by atoms with van der Waals surface area (Å²) < 4.78 is 11.3. The topological polar surface area (TPSA) is 107 Å². The zero-order valence-corrected chi connectivity index (χ0v) is 17.2. The van der Waals surface area contributed by atoms with Crippen LogP contribution in [0.3, 0.4) is 0 Å². The first-order chi connectivity index (χ1) is 14.5. The number of oxazole rings is 1. The summed E-state index contributed by atoms with van der Waals surface area (Å²) in [6.45, 7) is 3.01. The minimum absolute atomic E-state index is 0.0574. The molecule has 3 aromatic rings. The molecule has 0 radical (unpaired) electrons. The van der Waals surface area contributed by atoms with Gasteiger partial charge in [-0.05, 0) is 43.5 Å². The number of aromatic nitrogens is 3. The Labute approximate surface area is 175 Å². The van der Waals surface area contributed by atoms with E-state index in [4.69, 9.17) is 14.9 Å². The average Bonchev–Trinajstić information content (AvgIpc) is 3.21. The van der Waals surface area contributed by atoms with Gasteiger partial charge in [-0.15, -0.1) is 0 Å². The van der Waals surface area contributed by atoms with Crippen molar-refractivity contribution in [1.29, 1.82) is 0 Å². The molecule has 1 saturated heterocycles. The number of methoxy groups -OCH3 is 1. The van der Waals surface area contributed by atoms with Gasteiger partial charge in [-0.3, -0.25) is 4.79 Å². The van der Waals surface area contributed by atoms with Crippen LogP contribution in [0.15, 0.2) is 40.9 Å². The van der Waals surface area contributed by atoms with Crippen LogP contribution in [0.1, 0.15) is 52.2 Å². The highest BCUT2D eigenvalue weighted by Gasteiger charge is 2.29. The minimum Gasteiger partial charge on any atom is -0.497 e. The van der Waals surface area contributed by atoms with E-state index < -0.39 is 0 Å². The van der Waals surface area contributed by atoms with E-state index in [0.29, 0.717) is 36.8 Å². The molecule has 0 aliphatic carbocycles. The first kappa shape index (κ1) is 19.9. The largest absolute Gasteiger partial charge is 0.497 e. The molecule has 1 aromatic carbocycles. The molecular weight excluding hydrogens is 382 g/mol. The number of carbonyl (C=O) groups excluding carboxylic acids is 1. The number of piperidine rings is 1. The summed E-state index contributed by atoms with van der Waals surface area (Å²) in [6, 6.07) is 9.55. The highest BCUT2D eigenvalue weighted by molar-refractivity contribution is 5.92. The lowest BCUT2D eigenvalue weighted by molar-refractivity contribution is 0.0691. The number of aryl methyl sites for hydroxylation is 1. The predicted molar refractivity (Wildman–Crippen MR) is 111 cm³/mol. The van der Waals surface area contributed by atoms with Gasteiger partial charge in [-0.1, -0.05) is 12.1 Å². The summed E-state index contributed by atoms with van der Waals surface area (Å²) in [5, 5.41) is 0. The number of anilines is 1. The van der Waals surface area contributed by atoms with E-state index >= 15 is 0 Å². The fraction of sp³-hybridized carbons (Fsp3) is 0.364. The van der Waals surface area contributed by atoms with Gasteiger partial charge in [0, 0.05) is 25.2 Å². The summed E-state index contributed by atoms with van der Waals surface area (Å²) in [5.41, 5.74) is 7.80. The summed E-state index contributed by atoms with van der Waals surface area (Å²) in [5.74, 6) is 2.31. The van der Waals surface area contributed by atoms with Crippen LogP contribution >= 0.6 is 0 Å². The lowest BCUT2D eigenvalue weighted by Gasteiger charge is -2.31.